The Hall–Kier alpha value is -2.02. The van der Waals surface area contributed by atoms with Crippen molar-refractivity contribution in [3.8, 4) is 0 Å². The first-order chi connectivity index (χ1) is 11.4. The fourth-order valence-electron chi connectivity index (χ4n) is 2.61. The molecule has 1 aliphatic rings. The molecule has 1 aliphatic heterocycles. The number of aliphatic hydroxyl groups is 1. The molecule has 1 N–H and O–H groups in total. The van der Waals surface area contributed by atoms with Gasteiger partial charge in [0.15, 0.2) is 0 Å². The van der Waals surface area contributed by atoms with Crippen LogP contribution in [0.25, 0.3) is 0 Å². The van der Waals surface area contributed by atoms with E-state index in [-0.39, 0.29) is 16.4 Å². The number of aryl methyl sites for hydroxylation is 1. The molecule has 2 atom stereocenters. The number of benzene rings is 2. The lowest BCUT2D eigenvalue weighted by atomic mass is 10.1. The molecule has 0 saturated heterocycles. The number of rotatable bonds is 4. The van der Waals surface area contributed by atoms with Gasteiger partial charge in [0.1, 0.15) is 18.0 Å². The molecule has 24 heavy (non-hydrogen) atoms. The van der Waals surface area contributed by atoms with Crippen molar-refractivity contribution in [1.29, 1.82) is 0 Å². The van der Waals surface area contributed by atoms with E-state index in [0.717, 1.165) is 5.56 Å². The van der Waals surface area contributed by atoms with Gasteiger partial charge in [-0.3, -0.25) is 0 Å². The van der Waals surface area contributed by atoms with Crippen LogP contribution >= 0.6 is 0 Å². The Bertz CT molecular complexity index is 855. The molecule has 0 amide bonds. The van der Waals surface area contributed by atoms with Crippen molar-refractivity contribution in [3.63, 3.8) is 0 Å². The average molecular weight is 348 g/mol. The lowest BCUT2D eigenvalue weighted by Gasteiger charge is -2.17. The molecule has 0 saturated carbocycles. The Morgan fingerprint density at radius 2 is 1.71 bits per heavy atom. The van der Waals surface area contributed by atoms with Crippen LogP contribution in [-0.2, 0) is 14.6 Å². The van der Waals surface area contributed by atoms with Crippen LogP contribution in [0.3, 0.4) is 0 Å². The highest BCUT2D eigenvalue weighted by atomic mass is 32.2. The van der Waals surface area contributed by atoms with Crippen LogP contribution in [0.5, 0.6) is 0 Å². The molecule has 0 bridgehead atoms. The molecule has 2 aromatic carbocycles. The summed E-state index contributed by atoms with van der Waals surface area (Å²) in [5.41, 5.74) is 1.48. The number of hydrogen-bond donors (Lipinski definition) is 1. The van der Waals surface area contributed by atoms with Gasteiger partial charge in [0, 0.05) is 0 Å². The topological polar surface area (TPSA) is 63.6 Å². The lowest BCUT2D eigenvalue weighted by Crippen LogP contribution is -2.14. The van der Waals surface area contributed by atoms with Gasteiger partial charge in [0.2, 0.25) is 9.84 Å². The fourth-order valence-corrected chi connectivity index (χ4v) is 4.18. The van der Waals surface area contributed by atoms with E-state index in [9.17, 15) is 17.9 Å². The van der Waals surface area contributed by atoms with Crippen LogP contribution in [0.4, 0.5) is 4.39 Å². The van der Waals surface area contributed by atoms with Crippen LogP contribution in [0.15, 0.2) is 64.4 Å². The van der Waals surface area contributed by atoms with Crippen molar-refractivity contribution >= 4 is 9.84 Å². The second-order valence-corrected chi connectivity index (χ2v) is 7.62. The molecular formula is C18H17FO4S. The maximum absolute atomic E-state index is 13.1. The van der Waals surface area contributed by atoms with Gasteiger partial charge in [-0.25, -0.2) is 12.8 Å². The Labute approximate surface area is 140 Å². The van der Waals surface area contributed by atoms with Gasteiger partial charge in [-0.05, 0) is 42.8 Å². The summed E-state index contributed by atoms with van der Waals surface area (Å²) in [6.07, 6.45) is -0.159. The molecule has 1 heterocycles. The molecule has 2 aromatic rings. The van der Waals surface area contributed by atoms with E-state index in [1.807, 2.05) is 6.92 Å². The van der Waals surface area contributed by atoms with Gasteiger partial charge in [-0.15, -0.1) is 0 Å². The molecule has 6 heteroatoms. The summed E-state index contributed by atoms with van der Waals surface area (Å²) in [7, 11) is -3.77. The maximum atomic E-state index is 13.1. The molecule has 0 radical (unpaired) electrons. The summed E-state index contributed by atoms with van der Waals surface area (Å²) in [5.74, 6) is -0.414. The smallest absolute Gasteiger partial charge is 0.205 e. The SMILES string of the molecule is Cc1ccc(S(=O)(=O)C2=C[C@H](CO)O[C@H]2c2ccc(F)cc2)cc1. The van der Waals surface area contributed by atoms with Crippen LogP contribution in [0, 0.1) is 12.7 Å². The molecule has 0 aliphatic carbocycles. The standard InChI is InChI=1S/C18H17FO4S/c1-12-2-8-16(9-3-12)24(21,22)17-10-15(11-20)23-18(17)13-4-6-14(19)7-5-13/h2-10,15,18,20H,11H2,1H3/t15-,18+/m1/s1. The van der Waals surface area contributed by atoms with Crippen LogP contribution in [0.1, 0.15) is 17.2 Å². The third kappa shape index (κ3) is 3.13. The molecule has 3 rings (SSSR count). The van der Waals surface area contributed by atoms with Crippen molar-refractivity contribution in [3.05, 3.63) is 76.5 Å². The lowest BCUT2D eigenvalue weighted by molar-refractivity contribution is 0.0239. The molecule has 0 aromatic heterocycles. The highest BCUT2D eigenvalue weighted by Gasteiger charge is 2.36. The molecule has 0 fully saturated rings. The van der Waals surface area contributed by atoms with Crippen LogP contribution in [-0.4, -0.2) is 26.2 Å². The Balaban J connectivity index is 2.04. The van der Waals surface area contributed by atoms with E-state index in [0.29, 0.717) is 5.56 Å². The van der Waals surface area contributed by atoms with Gasteiger partial charge in [0.05, 0.1) is 16.4 Å². The number of ether oxygens (including phenoxy) is 1. The van der Waals surface area contributed by atoms with Crippen molar-refractivity contribution < 1.29 is 22.7 Å². The van der Waals surface area contributed by atoms with E-state index in [4.69, 9.17) is 4.74 Å². The molecule has 0 spiro atoms. The number of hydrogen-bond acceptors (Lipinski definition) is 4. The second kappa shape index (κ2) is 6.47. The number of sulfone groups is 1. The largest absolute Gasteiger partial charge is 0.393 e. The van der Waals surface area contributed by atoms with Crippen molar-refractivity contribution in [2.45, 2.75) is 24.0 Å². The van der Waals surface area contributed by atoms with Gasteiger partial charge in [-0.1, -0.05) is 29.8 Å². The van der Waals surface area contributed by atoms with Crippen LogP contribution < -0.4 is 0 Å². The van der Waals surface area contributed by atoms with Gasteiger partial charge in [0.25, 0.3) is 0 Å². The van der Waals surface area contributed by atoms with Crippen molar-refractivity contribution in [1.82, 2.24) is 0 Å². The zero-order valence-corrected chi connectivity index (χ0v) is 13.8. The van der Waals surface area contributed by atoms with E-state index in [1.54, 1.807) is 24.3 Å². The van der Waals surface area contributed by atoms with E-state index >= 15 is 0 Å². The quantitative estimate of drug-likeness (QED) is 0.923. The number of aliphatic hydroxyl groups excluding tert-OH is 1. The Morgan fingerprint density at radius 1 is 1.08 bits per heavy atom. The highest BCUT2D eigenvalue weighted by molar-refractivity contribution is 7.95. The minimum atomic E-state index is -3.77. The first kappa shape index (κ1) is 16.8. The van der Waals surface area contributed by atoms with E-state index in [1.165, 1.54) is 30.3 Å². The van der Waals surface area contributed by atoms with Gasteiger partial charge in [-0.2, -0.15) is 0 Å². The van der Waals surface area contributed by atoms with Gasteiger partial charge >= 0.3 is 0 Å². The van der Waals surface area contributed by atoms with Crippen molar-refractivity contribution in [2.24, 2.45) is 0 Å². The third-order valence-electron chi connectivity index (χ3n) is 3.91. The maximum Gasteiger partial charge on any atom is 0.205 e. The second-order valence-electron chi connectivity index (χ2n) is 5.67. The van der Waals surface area contributed by atoms with E-state index < -0.39 is 27.9 Å². The predicted octanol–water partition coefficient (Wildman–Crippen LogP) is 2.92. The Morgan fingerprint density at radius 3 is 2.29 bits per heavy atom. The zero-order chi connectivity index (χ0) is 17.3. The third-order valence-corrected chi connectivity index (χ3v) is 5.78. The first-order valence-electron chi connectivity index (χ1n) is 7.47. The predicted molar refractivity (Wildman–Crippen MR) is 87.5 cm³/mol. The Kier molecular flexibility index (Phi) is 4.54. The molecular weight excluding hydrogens is 331 g/mol. The summed E-state index contributed by atoms with van der Waals surface area (Å²) in [5, 5.41) is 9.34. The molecule has 0 unspecified atom stereocenters. The van der Waals surface area contributed by atoms with Crippen LogP contribution in [0.2, 0.25) is 0 Å². The van der Waals surface area contributed by atoms with Crippen molar-refractivity contribution in [2.75, 3.05) is 6.61 Å². The fraction of sp³-hybridized carbons (Fsp3) is 0.222. The van der Waals surface area contributed by atoms with E-state index in [2.05, 4.69) is 0 Å². The minimum Gasteiger partial charge on any atom is -0.393 e. The number of halogens is 1. The first-order valence-corrected chi connectivity index (χ1v) is 8.95. The monoisotopic (exact) mass is 348 g/mol. The zero-order valence-electron chi connectivity index (χ0n) is 13.0. The normalized spacial score (nSPS) is 20.9. The molecule has 4 nitrogen and oxygen atoms in total. The average Bonchev–Trinajstić information content (AvgIpc) is 3.01. The summed E-state index contributed by atoms with van der Waals surface area (Å²) < 4.78 is 44.7. The van der Waals surface area contributed by atoms with Gasteiger partial charge < -0.3 is 9.84 Å². The minimum absolute atomic E-state index is 0.0667. The summed E-state index contributed by atoms with van der Waals surface area (Å²) >= 11 is 0. The summed E-state index contributed by atoms with van der Waals surface area (Å²) in [6, 6.07) is 12.0. The molecule has 126 valence electrons. The summed E-state index contributed by atoms with van der Waals surface area (Å²) in [6.45, 7) is 1.54. The summed E-state index contributed by atoms with van der Waals surface area (Å²) in [4.78, 5) is 0.227. The highest BCUT2D eigenvalue weighted by Crippen LogP contribution is 2.39.